The summed E-state index contributed by atoms with van der Waals surface area (Å²) in [5.41, 5.74) is 5.08. The summed E-state index contributed by atoms with van der Waals surface area (Å²) in [5, 5.41) is 0. The third-order valence-electron chi connectivity index (χ3n) is 1.70. The number of rotatable bonds is 3. The summed E-state index contributed by atoms with van der Waals surface area (Å²) in [7, 11) is 0. The minimum Gasteiger partial charge on any atom is -0.487 e. The van der Waals surface area contributed by atoms with Crippen molar-refractivity contribution in [3.63, 3.8) is 0 Å². The van der Waals surface area contributed by atoms with Crippen LogP contribution in [0, 0.1) is 5.82 Å². The van der Waals surface area contributed by atoms with E-state index in [-0.39, 0.29) is 5.82 Å². The van der Waals surface area contributed by atoms with Crippen LogP contribution in [0.15, 0.2) is 24.3 Å². The molecule has 0 aliphatic carbocycles. The van der Waals surface area contributed by atoms with Gasteiger partial charge in [-0.3, -0.25) is 0 Å². The molecule has 1 aromatic rings. The maximum atomic E-state index is 12.5. The highest BCUT2D eigenvalue weighted by atomic mass is 19.1. The Morgan fingerprint density at radius 2 is 1.85 bits per heavy atom. The highest BCUT2D eigenvalue weighted by molar-refractivity contribution is 5.22. The molecule has 1 aromatic carbocycles. The lowest BCUT2D eigenvalue weighted by molar-refractivity contribution is 0.118. The van der Waals surface area contributed by atoms with Crippen LogP contribution in [0.5, 0.6) is 5.75 Å². The van der Waals surface area contributed by atoms with Crippen LogP contribution in [-0.2, 0) is 0 Å². The molecule has 0 aliphatic rings. The van der Waals surface area contributed by atoms with Gasteiger partial charge in [0.25, 0.3) is 0 Å². The molecule has 0 atom stereocenters. The first-order valence-corrected chi connectivity index (χ1v) is 4.18. The first-order valence-electron chi connectivity index (χ1n) is 4.18. The van der Waals surface area contributed by atoms with Crippen LogP contribution >= 0.6 is 0 Å². The van der Waals surface area contributed by atoms with E-state index in [2.05, 4.69) is 0 Å². The van der Waals surface area contributed by atoms with Gasteiger partial charge in [0.2, 0.25) is 0 Å². The van der Waals surface area contributed by atoms with Gasteiger partial charge in [0.15, 0.2) is 0 Å². The quantitative estimate of drug-likeness (QED) is 0.777. The van der Waals surface area contributed by atoms with E-state index < -0.39 is 5.60 Å². The summed E-state index contributed by atoms with van der Waals surface area (Å²) < 4.78 is 18.0. The topological polar surface area (TPSA) is 35.2 Å². The van der Waals surface area contributed by atoms with Crippen LogP contribution in [-0.4, -0.2) is 12.1 Å². The molecule has 1 rings (SSSR count). The molecule has 0 saturated carbocycles. The molecule has 0 radical (unpaired) electrons. The Kier molecular flexibility index (Phi) is 2.88. The Hall–Kier alpha value is -1.09. The van der Waals surface area contributed by atoms with E-state index in [0.29, 0.717) is 12.3 Å². The van der Waals surface area contributed by atoms with Gasteiger partial charge in [-0.05, 0) is 38.1 Å². The predicted molar refractivity (Wildman–Crippen MR) is 50.2 cm³/mol. The lowest BCUT2D eigenvalue weighted by atomic mass is 10.1. The van der Waals surface area contributed by atoms with Gasteiger partial charge in [0.05, 0.1) is 0 Å². The van der Waals surface area contributed by atoms with Gasteiger partial charge in [-0.1, -0.05) is 0 Å². The maximum Gasteiger partial charge on any atom is 0.123 e. The molecule has 0 bridgehead atoms. The number of benzene rings is 1. The van der Waals surface area contributed by atoms with E-state index in [1.165, 1.54) is 12.1 Å². The summed E-state index contributed by atoms with van der Waals surface area (Å²) >= 11 is 0. The number of ether oxygens (including phenoxy) is 1. The fourth-order valence-corrected chi connectivity index (χ4v) is 0.863. The van der Waals surface area contributed by atoms with Crippen molar-refractivity contribution in [1.29, 1.82) is 0 Å². The minimum atomic E-state index is -0.405. The molecule has 0 aliphatic heterocycles. The van der Waals surface area contributed by atoms with E-state index in [0.717, 1.165) is 0 Å². The molecule has 2 nitrogen and oxygen atoms in total. The Morgan fingerprint density at radius 1 is 1.31 bits per heavy atom. The first kappa shape index (κ1) is 9.99. The lowest BCUT2D eigenvalue weighted by Gasteiger charge is -2.24. The van der Waals surface area contributed by atoms with Crippen molar-refractivity contribution in [2.24, 2.45) is 5.73 Å². The van der Waals surface area contributed by atoms with Crippen molar-refractivity contribution in [3.05, 3.63) is 30.1 Å². The summed E-state index contributed by atoms with van der Waals surface area (Å²) in [5.74, 6) is 0.370. The molecule has 0 heterocycles. The molecule has 0 saturated heterocycles. The van der Waals surface area contributed by atoms with Crippen LogP contribution in [0.1, 0.15) is 13.8 Å². The summed E-state index contributed by atoms with van der Waals surface area (Å²) in [4.78, 5) is 0. The molecule has 0 aromatic heterocycles. The molecular weight excluding hydrogens is 169 g/mol. The molecule has 3 heteroatoms. The molecule has 0 amide bonds. The Labute approximate surface area is 77.5 Å². The predicted octanol–water partition coefficient (Wildman–Crippen LogP) is 1.94. The molecular formula is C10H14FNO. The van der Waals surface area contributed by atoms with Crippen molar-refractivity contribution in [2.75, 3.05) is 6.54 Å². The Morgan fingerprint density at radius 3 is 2.31 bits per heavy atom. The zero-order valence-corrected chi connectivity index (χ0v) is 7.88. The number of hydrogen-bond acceptors (Lipinski definition) is 2. The summed E-state index contributed by atoms with van der Waals surface area (Å²) in [6.45, 7) is 4.19. The highest BCUT2D eigenvalue weighted by Crippen LogP contribution is 2.17. The van der Waals surface area contributed by atoms with Crippen molar-refractivity contribution in [3.8, 4) is 5.75 Å². The highest BCUT2D eigenvalue weighted by Gasteiger charge is 2.16. The van der Waals surface area contributed by atoms with Gasteiger partial charge < -0.3 is 10.5 Å². The van der Waals surface area contributed by atoms with Crippen LogP contribution < -0.4 is 10.5 Å². The average molecular weight is 183 g/mol. The van der Waals surface area contributed by atoms with E-state index in [4.69, 9.17) is 10.5 Å². The summed E-state index contributed by atoms with van der Waals surface area (Å²) in [6.07, 6.45) is 0. The molecule has 0 unspecified atom stereocenters. The Balaban J connectivity index is 2.69. The van der Waals surface area contributed by atoms with E-state index in [9.17, 15) is 4.39 Å². The first-order chi connectivity index (χ1) is 6.03. The zero-order valence-electron chi connectivity index (χ0n) is 7.88. The second-order valence-corrected chi connectivity index (χ2v) is 3.52. The number of halogens is 1. The third-order valence-corrected chi connectivity index (χ3v) is 1.70. The van der Waals surface area contributed by atoms with Crippen LogP contribution in [0.3, 0.4) is 0 Å². The maximum absolute atomic E-state index is 12.5. The van der Waals surface area contributed by atoms with E-state index in [1.807, 2.05) is 13.8 Å². The SMILES string of the molecule is CC(C)(CN)Oc1ccc(F)cc1. The smallest absolute Gasteiger partial charge is 0.123 e. The molecule has 13 heavy (non-hydrogen) atoms. The molecule has 72 valence electrons. The standard InChI is InChI=1S/C10H14FNO/c1-10(2,7-12)13-9-5-3-8(11)4-6-9/h3-6H,7,12H2,1-2H3. The average Bonchev–Trinajstić information content (AvgIpc) is 2.09. The van der Waals surface area contributed by atoms with Crippen LogP contribution in [0.2, 0.25) is 0 Å². The van der Waals surface area contributed by atoms with Crippen molar-refractivity contribution in [2.45, 2.75) is 19.4 Å². The fourth-order valence-electron chi connectivity index (χ4n) is 0.863. The van der Waals surface area contributed by atoms with Crippen LogP contribution in [0.25, 0.3) is 0 Å². The van der Waals surface area contributed by atoms with Gasteiger partial charge in [-0.25, -0.2) is 4.39 Å². The molecule has 2 N–H and O–H groups in total. The van der Waals surface area contributed by atoms with Gasteiger partial charge in [0, 0.05) is 6.54 Å². The minimum absolute atomic E-state index is 0.266. The fraction of sp³-hybridized carbons (Fsp3) is 0.400. The Bertz CT molecular complexity index is 269. The van der Waals surface area contributed by atoms with Crippen LogP contribution in [0.4, 0.5) is 4.39 Å². The number of nitrogens with two attached hydrogens (primary N) is 1. The monoisotopic (exact) mass is 183 g/mol. The van der Waals surface area contributed by atoms with Gasteiger partial charge >= 0.3 is 0 Å². The van der Waals surface area contributed by atoms with Gasteiger partial charge in [-0.15, -0.1) is 0 Å². The second-order valence-electron chi connectivity index (χ2n) is 3.52. The molecule has 0 fully saturated rings. The summed E-state index contributed by atoms with van der Waals surface area (Å²) in [6, 6.07) is 5.91. The van der Waals surface area contributed by atoms with Crippen molar-refractivity contribution in [1.82, 2.24) is 0 Å². The van der Waals surface area contributed by atoms with Crippen molar-refractivity contribution >= 4 is 0 Å². The van der Waals surface area contributed by atoms with E-state index in [1.54, 1.807) is 12.1 Å². The number of hydrogen-bond donors (Lipinski definition) is 1. The van der Waals surface area contributed by atoms with Crippen molar-refractivity contribution < 1.29 is 9.13 Å². The second kappa shape index (κ2) is 3.75. The largest absolute Gasteiger partial charge is 0.487 e. The van der Waals surface area contributed by atoms with Gasteiger partial charge in [-0.2, -0.15) is 0 Å². The normalized spacial score (nSPS) is 11.4. The molecule has 0 spiro atoms. The lowest BCUT2D eigenvalue weighted by Crippen LogP contribution is -2.37. The zero-order chi connectivity index (χ0) is 9.90. The van der Waals surface area contributed by atoms with E-state index >= 15 is 0 Å². The third kappa shape index (κ3) is 3.03. The van der Waals surface area contributed by atoms with Gasteiger partial charge in [0.1, 0.15) is 17.2 Å².